The molecule has 0 atom stereocenters. The van der Waals surface area contributed by atoms with Crippen molar-refractivity contribution in [3.8, 4) is 0 Å². The van der Waals surface area contributed by atoms with E-state index in [1.807, 2.05) is 0 Å². The van der Waals surface area contributed by atoms with Gasteiger partial charge in [0.25, 0.3) is 0 Å². The summed E-state index contributed by atoms with van der Waals surface area (Å²) in [6, 6.07) is 6.52. The third-order valence-corrected chi connectivity index (χ3v) is 3.57. The van der Waals surface area contributed by atoms with Crippen molar-refractivity contribution >= 4 is 11.6 Å². The Balaban J connectivity index is 2.76. The molecule has 102 valence electrons. The summed E-state index contributed by atoms with van der Waals surface area (Å²) in [7, 11) is 0. The lowest BCUT2D eigenvalue weighted by Gasteiger charge is -2.22. The van der Waals surface area contributed by atoms with Gasteiger partial charge in [-0.15, -0.1) is 0 Å². The van der Waals surface area contributed by atoms with Gasteiger partial charge in [0.15, 0.2) is 0 Å². The number of hydrogen-bond acceptors (Lipinski definition) is 1. The normalized spacial score (nSPS) is 11.5. The lowest BCUT2D eigenvalue weighted by molar-refractivity contribution is 0.266. The molecular formula is C16H26ClN. The van der Waals surface area contributed by atoms with Gasteiger partial charge in [0.2, 0.25) is 0 Å². The second kappa shape index (κ2) is 7.81. The van der Waals surface area contributed by atoms with Crippen LogP contribution in [-0.4, -0.2) is 18.0 Å². The third-order valence-electron chi connectivity index (χ3n) is 3.22. The SMILES string of the molecule is CCCN(CCC)Cc1ccc(C(C)C)cc1Cl. The summed E-state index contributed by atoms with van der Waals surface area (Å²) in [4.78, 5) is 2.48. The molecule has 1 nitrogen and oxygen atoms in total. The molecule has 1 rings (SSSR count). The van der Waals surface area contributed by atoms with E-state index in [-0.39, 0.29) is 0 Å². The first-order valence-corrected chi connectivity index (χ1v) is 7.46. The highest BCUT2D eigenvalue weighted by Crippen LogP contribution is 2.24. The minimum absolute atomic E-state index is 0.541. The average molecular weight is 268 g/mol. The molecular weight excluding hydrogens is 242 g/mol. The van der Waals surface area contributed by atoms with Crippen molar-refractivity contribution in [1.29, 1.82) is 0 Å². The van der Waals surface area contributed by atoms with Crippen LogP contribution < -0.4 is 0 Å². The van der Waals surface area contributed by atoms with E-state index in [0.717, 1.165) is 24.7 Å². The van der Waals surface area contributed by atoms with Crippen molar-refractivity contribution < 1.29 is 0 Å². The van der Waals surface area contributed by atoms with Crippen LogP contribution in [0.4, 0.5) is 0 Å². The number of halogens is 1. The molecule has 0 radical (unpaired) electrons. The Morgan fingerprint density at radius 3 is 2.17 bits per heavy atom. The third kappa shape index (κ3) is 4.62. The Labute approximate surface area is 117 Å². The number of benzene rings is 1. The second-order valence-corrected chi connectivity index (χ2v) is 5.69. The van der Waals surface area contributed by atoms with E-state index in [1.165, 1.54) is 24.0 Å². The lowest BCUT2D eigenvalue weighted by Crippen LogP contribution is -2.25. The van der Waals surface area contributed by atoms with Gasteiger partial charge in [-0.1, -0.05) is 51.4 Å². The van der Waals surface area contributed by atoms with E-state index < -0.39 is 0 Å². The molecule has 0 saturated carbocycles. The van der Waals surface area contributed by atoms with Gasteiger partial charge in [-0.25, -0.2) is 0 Å². The predicted molar refractivity (Wildman–Crippen MR) is 81.4 cm³/mol. The standard InChI is InChI=1S/C16H26ClN/c1-5-9-18(10-6-2)12-15-8-7-14(13(3)4)11-16(15)17/h7-8,11,13H,5-6,9-10,12H2,1-4H3. The molecule has 0 aliphatic rings. The van der Waals surface area contributed by atoms with E-state index in [1.54, 1.807) is 0 Å². The zero-order chi connectivity index (χ0) is 13.5. The van der Waals surface area contributed by atoms with Crippen LogP contribution in [0.1, 0.15) is 57.6 Å². The Morgan fingerprint density at radius 2 is 1.72 bits per heavy atom. The maximum atomic E-state index is 6.39. The molecule has 0 aliphatic heterocycles. The fourth-order valence-electron chi connectivity index (χ4n) is 2.19. The number of nitrogens with zero attached hydrogens (tertiary/aromatic N) is 1. The molecule has 0 aromatic heterocycles. The first-order valence-electron chi connectivity index (χ1n) is 7.09. The molecule has 0 heterocycles. The van der Waals surface area contributed by atoms with Crippen LogP contribution in [0.15, 0.2) is 18.2 Å². The van der Waals surface area contributed by atoms with E-state index in [4.69, 9.17) is 11.6 Å². The van der Waals surface area contributed by atoms with Crippen LogP contribution in [0, 0.1) is 0 Å². The largest absolute Gasteiger partial charge is 0.299 e. The maximum absolute atomic E-state index is 6.39. The fourth-order valence-corrected chi connectivity index (χ4v) is 2.44. The molecule has 0 unspecified atom stereocenters. The molecule has 0 saturated heterocycles. The Morgan fingerprint density at radius 1 is 1.11 bits per heavy atom. The highest BCUT2D eigenvalue weighted by molar-refractivity contribution is 6.31. The van der Waals surface area contributed by atoms with Gasteiger partial charge in [0, 0.05) is 11.6 Å². The zero-order valence-electron chi connectivity index (χ0n) is 12.2. The lowest BCUT2D eigenvalue weighted by atomic mass is 10.0. The molecule has 0 N–H and O–H groups in total. The number of hydrogen-bond donors (Lipinski definition) is 0. The van der Waals surface area contributed by atoms with E-state index in [0.29, 0.717) is 5.92 Å². The quantitative estimate of drug-likeness (QED) is 0.665. The van der Waals surface area contributed by atoms with Crippen molar-refractivity contribution in [2.24, 2.45) is 0 Å². The summed E-state index contributed by atoms with van der Waals surface area (Å²) in [6.45, 7) is 12.1. The number of rotatable bonds is 7. The van der Waals surface area contributed by atoms with Gasteiger partial charge < -0.3 is 0 Å². The Hall–Kier alpha value is -0.530. The minimum atomic E-state index is 0.541. The van der Waals surface area contributed by atoms with Crippen molar-refractivity contribution in [2.75, 3.05) is 13.1 Å². The summed E-state index contributed by atoms with van der Waals surface area (Å²) < 4.78 is 0. The van der Waals surface area contributed by atoms with Crippen molar-refractivity contribution in [3.05, 3.63) is 34.3 Å². The zero-order valence-corrected chi connectivity index (χ0v) is 12.9. The van der Waals surface area contributed by atoms with Crippen molar-refractivity contribution in [3.63, 3.8) is 0 Å². The van der Waals surface area contributed by atoms with Gasteiger partial charge in [-0.2, -0.15) is 0 Å². The van der Waals surface area contributed by atoms with Crippen LogP contribution in [0.2, 0.25) is 5.02 Å². The smallest absolute Gasteiger partial charge is 0.0453 e. The maximum Gasteiger partial charge on any atom is 0.0453 e. The Kier molecular flexibility index (Phi) is 6.73. The van der Waals surface area contributed by atoms with Crippen LogP contribution in [0.5, 0.6) is 0 Å². The average Bonchev–Trinajstić information content (AvgIpc) is 2.32. The fraction of sp³-hybridized carbons (Fsp3) is 0.625. The summed E-state index contributed by atoms with van der Waals surface area (Å²) in [5, 5.41) is 0.915. The van der Waals surface area contributed by atoms with Crippen LogP contribution in [0.25, 0.3) is 0 Å². The van der Waals surface area contributed by atoms with Crippen molar-refractivity contribution in [2.45, 2.75) is 53.0 Å². The van der Waals surface area contributed by atoms with Crippen LogP contribution >= 0.6 is 11.6 Å². The summed E-state index contributed by atoms with van der Waals surface area (Å²) in [5.74, 6) is 0.541. The molecule has 0 aliphatic carbocycles. The highest BCUT2D eigenvalue weighted by Gasteiger charge is 2.09. The molecule has 18 heavy (non-hydrogen) atoms. The molecule has 0 bridgehead atoms. The van der Waals surface area contributed by atoms with E-state index >= 15 is 0 Å². The summed E-state index contributed by atoms with van der Waals surface area (Å²) in [5.41, 5.74) is 2.57. The molecule has 0 amide bonds. The second-order valence-electron chi connectivity index (χ2n) is 5.28. The topological polar surface area (TPSA) is 3.24 Å². The van der Waals surface area contributed by atoms with Crippen LogP contribution in [-0.2, 0) is 6.54 Å². The summed E-state index contributed by atoms with van der Waals surface area (Å²) in [6.07, 6.45) is 2.39. The molecule has 2 heteroatoms. The van der Waals surface area contributed by atoms with Gasteiger partial charge in [0.1, 0.15) is 0 Å². The predicted octanol–water partition coefficient (Wildman–Crippen LogP) is 5.09. The monoisotopic (exact) mass is 267 g/mol. The van der Waals surface area contributed by atoms with E-state index in [9.17, 15) is 0 Å². The van der Waals surface area contributed by atoms with Crippen LogP contribution in [0.3, 0.4) is 0 Å². The molecule has 0 fully saturated rings. The first-order chi connectivity index (χ1) is 8.58. The molecule has 1 aromatic carbocycles. The van der Waals surface area contributed by atoms with E-state index in [2.05, 4.69) is 50.8 Å². The van der Waals surface area contributed by atoms with Gasteiger partial charge in [0.05, 0.1) is 0 Å². The Bertz CT molecular complexity index is 354. The first kappa shape index (κ1) is 15.5. The van der Waals surface area contributed by atoms with Gasteiger partial charge in [-0.3, -0.25) is 4.90 Å². The molecule has 0 spiro atoms. The minimum Gasteiger partial charge on any atom is -0.299 e. The summed E-state index contributed by atoms with van der Waals surface area (Å²) >= 11 is 6.39. The molecule has 1 aromatic rings. The van der Waals surface area contributed by atoms with Crippen molar-refractivity contribution in [1.82, 2.24) is 4.90 Å². The van der Waals surface area contributed by atoms with Gasteiger partial charge >= 0.3 is 0 Å². The highest BCUT2D eigenvalue weighted by atomic mass is 35.5. The van der Waals surface area contributed by atoms with Gasteiger partial charge in [-0.05, 0) is 49.0 Å².